The quantitative estimate of drug-likeness (QED) is 0.280. The van der Waals surface area contributed by atoms with Crippen molar-refractivity contribution < 1.29 is 0 Å². The lowest BCUT2D eigenvalue weighted by atomic mass is 9.78. The summed E-state index contributed by atoms with van der Waals surface area (Å²) in [5.74, 6) is 3.49. The Morgan fingerprint density at radius 2 is 1.94 bits per heavy atom. The Hall–Kier alpha value is -0.900. The number of rotatable bonds is 9. The number of nitrogens with one attached hydrogen (secondary N) is 2. The van der Waals surface area contributed by atoms with Crippen molar-refractivity contribution >= 4 is 29.9 Å². The molecule has 0 aromatic carbocycles. The highest BCUT2D eigenvalue weighted by molar-refractivity contribution is 14.0. The molecule has 2 N–H and O–H groups in total. The van der Waals surface area contributed by atoms with E-state index in [0.29, 0.717) is 18.0 Å². The molecule has 7 nitrogen and oxygen atoms in total. The van der Waals surface area contributed by atoms with E-state index in [-0.39, 0.29) is 24.0 Å². The molecule has 2 heterocycles. The summed E-state index contributed by atoms with van der Waals surface area (Å²) in [6, 6.07) is 0.607. The van der Waals surface area contributed by atoms with Gasteiger partial charge >= 0.3 is 0 Å². The molecule has 1 aliphatic heterocycles. The summed E-state index contributed by atoms with van der Waals surface area (Å²) in [7, 11) is 2.01. The SMILES string of the molecule is CCN1CCCC1CNC(=NCc1nnc(C)n1C)NCC1(CC(C)C)CCCC1.I. The fourth-order valence-corrected chi connectivity index (χ4v) is 5.39. The molecule has 1 unspecified atom stereocenters. The second kappa shape index (κ2) is 12.4. The number of hydrogen-bond donors (Lipinski definition) is 2. The minimum absolute atomic E-state index is 0. The standard InChI is InChI=1S/C23H43N7.HI/c1-6-30-13-9-10-20(30)15-24-22(25-16-21-28-27-19(4)29(21)5)26-17-23(14-18(2)3)11-7-8-12-23;/h18,20H,6-17H2,1-5H3,(H2,24,25,26);1H. The molecular formula is C23H44IN7. The predicted molar refractivity (Wildman–Crippen MR) is 139 cm³/mol. The number of hydrogen-bond acceptors (Lipinski definition) is 4. The lowest BCUT2D eigenvalue weighted by Crippen LogP contribution is -2.47. The molecule has 1 saturated carbocycles. The van der Waals surface area contributed by atoms with Crippen LogP contribution in [0.5, 0.6) is 0 Å². The maximum Gasteiger partial charge on any atom is 0.191 e. The van der Waals surface area contributed by atoms with E-state index < -0.39 is 0 Å². The van der Waals surface area contributed by atoms with Crippen molar-refractivity contribution in [3.05, 3.63) is 11.6 Å². The minimum Gasteiger partial charge on any atom is -0.356 e. The number of guanidine groups is 1. The zero-order valence-electron chi connectivity index (χ0n) is 20.3. The third kappa shape index (κ3) is 7.30. The van der Waals surface area contributed by atoms with Gasteiger partial charge in [0, 0.05) is 26.2 Å². The van der Waals surface area contributed by atoms with Crippen LogP contribution in [0.4, 0.5) is 0 Å². The van der Waals surface area contributed by atoms with Gasteiger partial charge in [0.15, 0.2) is 11.8 Å². The summed E-state index contributed by atoms with van der Waals surface area (Å²) >= 11 is 0. The molecule has 8 heteroatoms. The van der Waals surface area contributed by atoms with Crippen LogP contribution in [0.1, 0.15) is 77.4 Å². The average Bonchev–Trinajstić information content (AvgIpc) is 3.43. The first-order valence-corrected chi connectivity index (χ1v) is 12.0. The Bertz CT molecular complexity index is 694. The number of likely N-dealkylation sites (N-methyl/N-ethyl adjacent to an activating group) is 1. The van der Waals surface area contributed by atoms with Crippen molar-refractivity contribution in [3.8, 4) is 0 Å². The van der Waals surface area contributed by atoms with Crippen molar-refractivity contribution in [3.63, 3.8) is 0 Å². The van der Waals surface area contributed by atoms with Gasteiger partial charge in [-0.05, 0) is 63.5 Å². The topological polar surface area (TPSA) is 70.4 Å². The van der Waals surface area contributed by atoms with Gasteiger partial charge in [0.2, 0.25) is 0 Å². The molecule has 1 aromatic heterocycles. The van der Waals surface area contributed by atoms with Crippen LogP contribution in [-0.2, 0) is 13.6 Å². The van der Waals surface area contributed by atoms with Gasteiger partial charge in [-0.25, -0.2) is 4.99 Å². The first-order chi connectivity index (χ1) is 14.4. The molecule has 1 saturated heterocycles. The van der Waals surface area contributed by atoms with Crippen LogP contribution in [0.25, 0.3) is 0 Å². The highest BCUT2D eigenvalue weighted by Crippen LogP contribution is 2.42. The van der Waals surface area contributed by atoms with E-state index in [1.54, 1.807) is 0 Å². The Morgan fingerprint density at radius 3 is 2.55 bits per heavy atom. The molecule has 0 spiro atoms. The lowest BCUT2D eigenvalue weighted by molar-refractivity contribution is 0.234. The fourth-order valence-electron chi connectivity index (χ4n) is 5.39. The van der Waals surface area contributed by atoms with Gasteiger partial charge in [-0.1, -0.05) is 33.6 Å². The number of likely N-dealkylation sites (tertiary alicyclic amines) is 1. The number of nitrogens with zero attached hydrogens (tertiary/aromatic N) is 5. The summed E-state index contributed by atoms with van der Waals surface area (Å²) in [4.78, 5) is 7.48. The zero-order valence-corrected chi connectivity index (χ0v) is 22.6. The van der Waals surface area contributed by atoms with Crippen LogP contribution in [-0.4, -0.2) is 57.8 Å². The molecule has 0 radical (unpaired) electrons. The van der Waals surface area contributed by atoms with E-state index in [0.717, 1.165) is 43.2 Å². The summed E-state index contributed by atoms with van der Waals surface area (Å²) in [6.45, 7) is 13.8. The van der Waals surface area contributed by atoms with E-state index in [2.05, 4.69) is 46.5 Å². The zero-order chi connectivity index (χ0) is 21.6. The van der Waals surface area contributed by atoms with Crippen LogP contribution in [0.2, 0.25) is 0 Å². The van der Waals surface area contributed by atoms with E-state index in [1.807, 2.05) is 18.5 Å². The highest BCUT2D eigenvalue weighted by atomic mass is 127. The summed E-state index contributed by atoms with van der Waals surface area (Å²) in [5, 5.41) is 15.8. The highest BCUT2D eigenvalue weighted by Gasteiger charge is 2.34. The number of aryl methyl sites for hydroxylation is 1. The molecule has 1 atom stereocenters. The predicted octanol–water partition coefficient (Wildman–Crippen LogP) is 3.87. The average molecular weight is 546 g/mol. The Morgan fingerprint density at radius 1 is 1.19 bits per heavy atom. The Labute approximate surface area is 206 Å². The number of aromatic nitrogens is 3. The summed E-state index contributed by atoms with van der Waals surface area (Å²) in [6.07, 6.45) is 9.26. The second-order valence-corrected chi connectivity index (χ2v) is 9.85. The molecule has 31 heavy (non-hydrogen) atoms. The maximum absolute atomic E-state index is 4.90. The van der Waals surface area contributed by atoms with Gasteiger partial charge in [-0.15, -0.1) is 34.2 Å². The molecule has 1 aliphatic carbocycles. The monoisotopic (exact) mass is 545 g/mol. The lowest BCUT2D eigenvalue weighted by Gasteiger charge is -2.32. The first-order valence-electron chi connectivity index (χ1n) is 12.0. The van der Waals surface area contributed by atoms with Gasteiger partial charge in [-0.3, -0.25) is 4.90 Å². The second-order valence-electron chi connectivity index (χ2n) is 9.85. The van der Waals surface area contributed by atoms with Crippen molar-refractivity contribution in [2.24, 2.45) is 23.4 Å². The van der Waals surface area contributed by atoms with Gasteiger partial charge in [0.05, 0.1) is 0 Å². The van der Waals surface area contributed by atoms with Gasteiger partial charge in [0.25, 0.3) is 0 Å². The van der Waals surface area contributed by atoms with Crippen molar-refractivity contribution in [2.45, 2.75) is 85.2 Å². The van der Waals surface area contributed by atoms with Gasteiger partial charge in [-0.2, -0.15) is 0 Å². The van der Waals surface area contributed by atoms with Crippen LogP contribution < -0.4 is 10.6 Å². The molecule has 0 bridgehead atoms. The van der Waals surface area contributed by atoms with E-state index in [9.17, 15) is 0 Å². The molecule has 2 fully saturated rings. The molecule has 178 valence electrons. The van der Waals surface area contributed by atoms with Crippen LogP contribution >= 0.6 is 24.0 Å². The third-order valence-corrected chi connectivity index (χ3v) is 7.11. The van der Waals surface area contributed by atoms with Crippen LogP contribution in [0.3, 0.4) is 0 Å². The number of aliphatic imine (C=N–C) groups is 1. The van der Waals surface area contributed by atoms with Crippen molar-refractivity contribution in [2.75, 3.05) is 26.2 Å². The minimum atomic E-state index is 0. The molecule has 0 amide bonds. The Balaban J connectivity index is 0.00000341. The molecule has 2 aliphatic rings. The fraction of sp³-hybridized carbons (Fsp3) is 0.870. The summed E-state index contributed by atoms with van der Waals surface area (Å²) in [5.41, 5.74) is 0.417. The largest absolute Gasteiger partial charge is 0.356 e. The van der Waals surface area contributed by atoms with Crippen LogP contribution in [0.15, 0.2) is 4.99 Å². The third-order valence-electron chi connectivity index (χ3n) is 7.11. The van der Waals surface area contributed by atoms with Gasteiger partial charge in [0.1, 0.15) is 12.4 Å². The maximum atomic E-state index is 4.90. The number of halogens is 1. The molecule has 3 rings (SSSR count). The molecular weight excluding hydrogens is 501 g/mol. The Kier molecular flexibility index (Phi) is 10.5. The molecule has 1 aromatic rings. The van der Waals surface area contributed by atoms with Crippen LogP contribution in [0, 0.1) is 18.3 Å². The first kappa shape index (κ1) is 26.4. The van der Waals surface area contributed by atoms with Crippen molar-refractivity contribution in [1.82, 2.24) is 30.3 Å². The van der Waals surface area contributed by atoms with Crippen molar-refractivity contribution in [1.29, 1.82) is 0 Å². The van der Waals surface area contributed by atoms with E-state index in [1.165, 1.54) is 51.5 Å². The smallest absolute Gasteiger partial charge is 0.191 e. The van der Waals surface area contributed by atoms with Gasteiger partial charge < -0.3 is 15.2 Å². The normalized spacial score (nSPS) is 21.5. The van der Waals surface area contributed by atoms with E-state index >= 15 is 0 Å². The van der Waals surface area contributed by atoms with E-state index in [4.69, 9.17) is 4.99 Å². The summed E-state index contributed by atoms with van der Waals surface area (Å²) < 4.78 is 2.02.